The number of anilines is 2. The van der Waals surface area contributed by atoms with E-state index < -0.39 is 0 Å². The fourth-order valence-electron chi connectivity index (χ4n) is 3.89. The smallest absolute Gasteiger partial charge is 0.228 e. The van der Waals surface area contributed by atoms with Gasteiger partial charge in [-0.3, -0.25) is 4.79 Å². The van der Waals surface area contributed by atoms with Gasteiger partial charge in [-0.05, 0) is 36.8 Å². The van der Waals surface area contributed by atoms with E-state index >= 15 is 0 Å². The van der Waals surface area contributed by atoms with Crippen molar-refractivity contribution in [2.24, 2.45) is 5.92 Å². The summed E-state index contributed by atoms with van der Waals surface area (Å²) in [6, 6.07) is 9.99. The first-order chi connectivity index (χ1) is 12.7. The van der Waals surface area contributed by atoms with Gasteiger partial charge in [-0.25, -0.2) is 4.98 Å². The molecule has 1 amide bonds. The van der Waals surface area contributed by atoms with Crippen molar-refractivity contribution in [2.45, 2.75) is 25.7 Å². The van der Waals surface area contributed by atoms with Gasteiger partial charge in [-0.1, -0.05) is 18.2 Å². The zero-order valence-corrected chi connectivity index (χ0v) is 15.1. The van der Waals surface area contributed by atoms with Crippen molar-refractivity contribution in [3.63, 3.8) is 0 Å². The minimum absolute atomic E-state index is 0.256. The molecule has 0 bridgehead atoms. The minimum Gasteiger partial charge on any atom is -0.481 e. The van der Waals surface area contributed by atoms with Gasteiger partial charge in [0, 0.05) is 44.0 Å². The van der Waals surface area contributed by atoms with E-state index in [0.29, 0.717) is 24.2 Å². The van der Waals surface area contributed by atoms with Gasteiger partial charge in [-0.2, -0.15) is 4.98 Å². The second kappa shape index (κ2) is 7.32. The Labute approximate surface area is 153 Å². The maximum absolute atomic E-state index is 12.8. The van der Waals surface area contributed by atoms with Crippen LogP contribution in [0.5, 0.6) is 5.88 Å². The molecule has 26 heavy (non-hydrogen) atoms. The van der Waals surface area contributed by atoms with Gasteiger partial charge >= 0.3 is 0 Å². The van der Waals surface area contributed by atoms with E-state index in [2.05, 4.69) is 27.0 Å². The number of carbonyl (C=O) groups is 1. The number of hydrogen-bond donors (Lipinski definition) is 0. The summed E-state index contributed by atoms with van der Waals surface area (Å²) >= 11 is 0. The molecule has 3 heterocycles. The van der Waals surface area contributed by atoms with Gasteiger partial charge in [0.1, 0.15) is 0 Å². The number of para-hydroxylation sites is 1. The Balaban J connectivity index is 1.33. The van der Waals surface area contributed by atoms with Crippen LogP contribution in [-0.2, 0) is 11.2 Å². The van der Waals surface area contributed by atoms with E-state index in [-0.39, 0.29) is 5.91 Å². The zero-order valence-electron chi connectivity index (χ0n) is 15.1. The van der Waals surface area contributed by atoms with Crippen LogP contribution in [0.1, 0.15) is 24.8 Å². The molecule has 2 aliphatic heterocycles. The molecule has 0 N–H and O–H groups in total. The van der Waals surface area contributed by atoms with Crippen molar-refractivity contribution in [1.82, 2.24) is 9.97 Å². The Morgan fingerprint density at radius 2 is 2.00 bits per heavy atom. The molecule has 6 nitrogen and oxygen atoms in total. The third kappa shape index (κ3) is 3.36. The molecule has 0 saturated carbocycles. The third-order valence-electron chi connectivity index (χ3n) is 5.38. The highest BCUT2D eigenvalue weighted by Crippen LogP contribution is 2.30. The number of ether oxygens (including phenoxy) is 1. The van der Waals surface area contributed by atoms with Gasteiger partial charge in [0.05, 0.1) is 7.11 Å². The van der Waals surface area contributed by atoms with Crippen LogP contribution < -0.4 is 14.5 Å². The molecule has 0 radical (unpaired) electrons. The van der Waals surface area contributed by atoms with Gasteiger partial charge in [0.2, 0.25) is 17.7 Å². The Kier molecular flexibility index (Phi) is 4.73. The normalized spacial score (nSPS) is 17.3. The number of rotatable bonds is 4. The molecule has 0 spiro atoms. The molecule has 6 heteroatoms. The number of fused-ring (bicyclic) bond motifs is 1. The Morgan fingerprint density at radius 1 is 1.19 bits per heavy atom. The standard InChI is InChI=1S/C20H24N4O2/c1-26-18-6-10-21-20(22-18)23-11-7-15(8-12-23)14-19(25)24-13-9-16-4-2-3-5-17(16)24/h2-6,10,15H,7-9,11-14H2,1H3. The second-order valence-electron chi connectivity index (χ2n) is 6.96. The number of carbonyl (C=O) groups excluding carboxylic acids is 1. The molecule has 0 atom stereocenters. The number of methoxy groups -OCH3 is 1. The number of benzene rings is 1. The molecule has 1 aromatic heterocycles. The van der Waals surface area contributed by atoms with Crippen LogP contribution in [0.4, 0.5) is 11.6 Å². The van der Waals surface area contributed by atoms with Crippen LogP contribution in [-0.4, -0.2) is 42.6 Å². The Hall–Kier alpha value is -2.63. The van der Waals surface area contributed by atoms with Crippen molar-refractivity contribution >= 4 is 17.5 Å². The summed E-state index contributed by atoms with van der Waals surface area (Å²) in [5.74, 6) is 1.98. The summed E-state index contributed by atoms with van der Waals surface area (Å²) in [5.41, 5.74) is 2.38. The highest BCUT2D eigenvalue weighted by atomic mass is 16.5. The number of piperidine rings is 1. The molecule has 0 unspecified atom stereocenters. The van der Waals surface area contributed by atoms with Crippen molar-refractivity contribution in [3.8, 4) is 5.88 Å². The minimum atomic E-state index is 0.256. The molecular weight excluding hydrogens is 328 g/mol. The van der Waals surface area contributed by atoms with Gasteiger partial charge < -0.3 is 14.5 Å². The van der Waals surface area contributed by atoms with Gasteiger partial charge in [0.15, 0.2) is 0 Å². The lowest BCUT2D eigenvalue weighted by atomic mass is 9.93. The first-order valence-corrected chi connectivity index (χ1v) is 9.25. The van der Waals surface area contributed by atoms with Crippen molar-refractivity contribution in [3.05, 3.63) is 42.1 Å². The molecule has 136 valence electrons. The molecule has 1 fully saturated rings. The zero-order chi connectivity index (χ0) is 17.9. The van der Waals surface area contributed by atoms with E-state index in [1.165, 1.54) is 5.56 Å². The summed E-state index contributed by atoms with van der Waals surface area (Å²) in [7, 11) is 1.61. The fraction of sp³-hybridized carbons (Fsp3) is 0.450. The predicted octanol–water partition coefficient (Wildman–Crippen LogP) is 2.68. The van der Waals surface area contributed by atoms with Crippen molar-refractivity contribution in [1.29, 1.82) is 0 Å². The maximum Gasteiger partial charge on any atom is 0.228 e. The lowest BCUT2D eigenvalue weighted by Gasteiger charge is -2.32. The molecule has 1 aromatic carbocycles. The molecule has 0 aliphatic carbocycles. The lowest BCUT2D eigenvalue weighted by molar-refractivity contribution is -0.119. The summed E-state index contributed by atoms with van der Waals surface area (Å²) in [6.07, 6.45) is 5.29. The summed E-state index contributed by atoms with van der Waals surface area (Å²) < 4.78 is 5.18. The average molecular weight is 352 g/mol. The fourth-order valence-corrected chi connectivity index (χ4v) is 3.89. The van der Waals surface area contributed by atoms with E-state index in [0.717, 1.165) is 44.6 Å². The van der Waals surface area contributed by atoms with E-state index in [1.807, 2.05) is 17.0 Å². The maximum atomic E-state index is 12.8. The van der Waals surface area contributed by atoms with Crippen LogP contribution in [0.15, 0.2) is 36.5 Å². The number of aromatic nitrogens is 2. The van der Waals surface area contributed by atoms with E-state index in [4.69, 9.17) is 4.74 Å². The van der Waals surface area contributed by atoms with Gasteiger partial charge in [-0.15, -0.1) is 0 Å². The predicted molar refractivity (Wildman–Crippen MR) is 101 cm³/mol. The molecule has 1 saturated heterocycles. The van der Waals surface area contributed by atoms with Crippen LogP contribution in [0.2, 0.25) is 0 Å². The Morgan fingerprint density at radius 3 is 2.81 bits per heavy atom. The van der Waals surface area contributed by atoms with E-state index in [1.54, 1.807) is 19.4 Å². The van der Waals surface area contributed by atoms with Crippen LogP contribution in [0.25, 0.3) is 0 Å². The first kappa shape index (κ1) is 16.8. The van der Waals surface area contributed by atoms with Crippen molar-refractivity contribution in [2.75, 3.05) is 36.5 Å². The highest BCUT2D eigenvalue weighted by Gasteiger charge is 2.28. The van der Waals surface area contributed by atoms with Crippen LogP contribution in [0.3, 0.4) is 0 Å². The Bertz CT molecular complexity index is 787. The molecular formula is C20H24N4O2. The quantitative estimate of drug-likeness (QED) is 0.847. The largest absolute Gasteiger partial charge is 0.481 e. The SMILES string of the molecule is COc1ccnc(N2CCC(CC(=O)N3CCc4ccccc43)CC2)n1. The number of nitrogens with zero attached hydrogens (tertiary/aromatic N) is 4. The van der Waals surface area contributed by atoms with Crippen LogP contribution in [0, 0.1) is 5.92 Å². The monoisotopic (exact) mass is 352 g/mol. The number of hydrogen-bond acceptors (Lipinski definition) is 5. The summed E-state index contributed by atoms with van der Waals surface area (Å²) in [4.78, 5) is 25.7. The molecule has 4 rings (SSSR count). The van der Waals surface area contributed by atoms with Gasteiger partial charge in [0.25, 0.3) is 0 Å². The third-order valence-corrected chi connectivity index (χ3v) is 5.38. The topological polar surface area (TPSA) is 58.6 Å². The average Bonchev–Trinajstić information content (AvgIpc) is 3.13. The second-order valence-corrected chi connectivity index (χ2v) is 6.96. The molecule has 2 aromatic rings. The molecule has 2 aliphatic rings. The first-order valence-electron chi connectivity index (χ1n) is 9.25. The highest BCUT2D eigenvalue weighted by molar-refractivity contribution is 5.95. The lowest BCUT2D eigenvalue weighted by Crippen LogP contribution is -2.37. The van der Waals surface area contributed by atoms with Crippen molar-refractivity contribution < 1.29 is 9.53 Å². The summed E-state index contributed by atoms with van der Waals surface area (Å²) in [6.45, 7) is 2.57. The summed E-state index contributed by atoms with van der Waals surface area (Å²) in [5, 5.41) is 0. The number of amides is 1. The van der Waals surface area contributed by atoms with E-state index in [9.17, 15) is 4.79 Å². The van der Waals surface area contributed by atoms with Crippen LogP contribution >= 0.6 is 0 Å².